The highest BCUT2D eigenvalue weighted by molar-refractivity contribution is 5.98. The van der Waals surface area contributed by atoms with Gasteiger partial charge in [-0.05, 0) is 81.1 Å². The molecule has 7 nitrogen and oxygen atoms in total. The maximum atomic E-state index is 15.5. The van der Waals surface area contributed by atoms with E-state index in [-0.39, 0.29) is 5.91 Å². The number of halogens is 1. The highest BCUT2D eigenvalue weighted by atomic mass is 19.1. The maximum absolute atomic E-state index is 15.5. The van der Waals surface area contributed by atoms with Crippen LogP contribution in [0, 0.1) is 12.9 Å². The van der Waals surface area contributed by atoms with Gasteiger partial charge in [-0.15, -0.1) is 0 Å². The van der Waals surface area contributed by atoms with Gasteiger partial charge in [0.15, 0.2) is 0 Å². The zero-order chi connectivity index (χ0) is 27.0. The second kappa shape index (κ2) is 10.7. The Bertz CT molecular complexity index is 1330. The topological polar surface area (TPSA) is 64.6 Å². The molecular weight excluding hydrogens is 479 g/mol. The third-order valence-corrected chi connectivity index (χ3v) is 7.89. The second-order valence-electron chi connectivity index (χ2n) is 10.6. The van der Waals surface area contributed by atoms with Gasteiger partial charge in [0.25, 0.3) is 5.91 Å². The van der Waals surface area contributed by atoms with E-state index in [1.807, 2.05) is 56.3 Å². The van der Waals surface area contributed by atoms with Crippen LogP contribution in [0.3, 0.4) is 0 Å². The van der Waals surface area contributed by atoms with Gasteiger partial charge in [0.2, 0.25) is 5.95 Å². The number of carbonyl (C=O) groups excluding carboxylic acids is 1. The van der Waals surface area contributed by atoms with Crippen molar-refractivity contribution in [1.82, 2.24) is 20.2 Å². The number of nitrogens with one attached hydrogen (secondary N) is 1. The number of aryl methyl sites for hydroxylation is 1. The van der Waals surface area contributed by atoms with Gasteiger partial charge >= 0.3 is 0 Å². The van der Waals surface area contributed by atoms with Crippen LogP contribution in [-0.2, 0) is 6.42 Å². The number of aromatic nitrogens is 2. The van der Waals surface area contributed by atoms with Gasteiger partial charge in [0, 0.05) is 63.5 Å². The first-order valence-corrected chi connectivity index (χ1v) is 13.6. The summed E-state index contributed by atoms with van der Waals surface area (Å²) in [6.07, 6.45) is 2.61. The van der Waals surface area contributed by atoms with Crippen molar-refractivity contribution in [3.05, 3.63) is 59.2 Å². The fraction of sp³-hybridized carbons (Fsp3) is 0.433. The maximum Gasteiger partial charge on any atom is 0.251 e. The molecular formula is C30H37FN6O. The Morgan fingerprint density at radius 1 is 1.05 bits per heavy atom. The van der Waals surface area contributed by atoms with Gasteiger partial charge in [-0.3, -0.25) is 14.7 Å². The minimum Gasteiger partial charge on any atom is -0.368 e. The SMILES string of the molecule is CCN(C)c1nc(F)c(-c2ccc(N3CCN(C(C)C)CC3)cn2)cc1-c1cc2c(cc1C)C(=O)NCC2. The Morgan fingerprint density at radius 2 is 1.82 bits per heavy atom. The zero-order valence-electron chi connectivity index (χ0n) is 23.0. The van der Waals surface area contributed by atoms with Crippen molar-refractivity contribution in [2.24, 2.45) is 0 Å². The number of hydrogen-bond donors (Lipinski definition) is 1. The van der Waals surface area contributed by atoms with Gasteiger partial charge in [-0.1, -0.05) is 0 Å². The fourth-order valence-corrected chi connectivity index (χ4v) is 5.40. The van der Waals surface area contributed by atoms with E-state index >= 15 is 4.39 Å². The summed E-state index contributed by atoms with van der Waals surface area (Å²) in [5, 5.41) is 2.91. The first-order valence-electron chi connectivity index (χ1n) is 13.6. The summed E-state index contributed by atoms with van der Waals surface area (Å²) >= 11 is 0. The predicted molar refractivity (Wildman–Crippen MR) is 152 cm³/mol. The first-order chi connectivity index (χ1) is 18.3. The molecule has 0 spiro atoms. The minimum atomic E-state index is -0.537. The quantitative estimate of drug-likeness (QED) is 0.486. The molecule has 0 aliphatic carbocycles. The number of benzene rings is 1. The molecule has 2 aliphatic heterocycles. The molecule has 0 saturated carbocycles. The monoisotopic (exact) mass is 516 g/mol. The first kappa shape index (κ1) is 26.1. The molecule has 8 heteroatoms. The molecule has 1 fully saturated rings. The van der Waals surface area contributed by atoms with E-state index in [2.05, 4.69) is 45.0 Å². The Morgan fingerprint density at radius 3 is 2.47 bits per heavy atom. The van der Waals surface area contributed by atoms with Gasteiger partial charge in [0.05, 0.1) is 23.1 Å². The third-order valence-electron chi connectivity index (χ3n) is 7.89. The van der Waals surface area contributed by atoms with Gasteiger partial charge < -0.3 is 15.1 Å². The minimum absolute atomic E-state index is 0.0420. The lowest BCUT2D eigenvalue weighted by molar-refractivity contribution is 0.0946. The summed E-state index contributed by atoms with van der Waals surface area (Å²) in [7, 11) is 1.91. The van der Waals surface area contributed by atoms with Crippen LogP contribution in [0.15, 0.2) is 36.5 Å². The molecule has 1 saturated heterocycles. The van der Waals surface area contributed by atoms with Gasteiger partial charge in [-0.25, -0.2) is 4.98 Å². The second-order valence-corrected chi connectivity index (χ2v) is 10.6. The summed E-state index contributed by atoms with van der Waals surface area (Å²) in [6, 6.07) is 10.3. The molecule has 200 valence electrons. The van der Waals surface area contributed by atoms with Crippen molar-refractivity contribution in [3.8, 4) is 22.4 Å². The molecule has 0 unspecified atom stereocenters. The molecule has 2 aliphatic rings. The van der Waals surface area contributed by atoms with Crippen molar-refractivity contribution in [3.63, 3.8) is 0 Å². The summed E-state index contributed by atoms with van der Waals surface area (Å²) in [4.78, 5) is 28.2. The lowest BCUT2D eigenvalue weighted by Gasteiger charge is -2.38. The molecule has 0 atom stereocenters. The van der Waals surface area contributed by atoms with Crippen molar-refractivity contribution in [1.29, 1.82) is 0 Å². The number of anilines is 2. The molecule has 4 heterocycles. The van der Waals surface area contributed by atoms with E-state index in [4.69, 9.17) is 0 Å². The van der Waals surface area contributed by atoms with Crippen LogP contribution in [0.2, 0.25) is 0 Å². The van der Waals surface area contributed by atoms with Crippen molar-refractivity contribution in [2.75, 3.05) is 56.1 Å². The molecule has 0 radical (unpaired) electrons. The molecule has 1 N–H and O–H groups in total. The number of nitrogens with zero attached hydrogens (tertiary/aromatic N) is 5. The number of pyridine rings is 2. The highest BCUT2D eigenvalue weighted by Crippen LogP contribution is 2.37. The lowest BCUT2D eigenvalue weighted by Crippen LogP contribution is -2.48. The Balaban J connectivity index is 1.51. The Labute approximate surface area is 224 Å². The van der Waals surface area contributed by atoms with Crippen LogP contribution in [0.4, 0.5) is 15.9 Å². The van der Waals surface area contributed by atoms with Crippen molar-refractivity contribution < 1.29 is 9.18 Å². The third kappa shape index (κ3) is 4.97. The number of fused-ring (bicyclic) bond motifs is 1. The summed E-state index contributed by atoms with van der Waals surface area (Å²) in [5.74, 6) is 0.00109. The normalized spacial score (nSPS) is 16.0. The van der Waals surface area contributed by atoms with Crippen LogP contribution >= 0.6 is 0 Å². The van der Waals surface area contributed by atoms with Crippen molar-refractivity contribution in [2.45, 2.75) is 40.2 Å². The largest absolute Gasteiger partial charge is 0.368 e. The summed E-state index contributed by atoms with van der Waals surface area (Å²) in [6.45, 7) is 13.7. The molecule has 38 heavy (non-hydrogen) atoms. The number of hydrogen-bond acceptors (Lipinski definition) is 6. The number of amides is 1. The predicted octanol–water partition coefficient (Wildman–Crippen LogP) is 4.53. The molecule has 1 aromatic carbocycles. The summed E-state index contributed by atoms with van der Waals surface area (Å²) in [5.41, 5.74) is 6.46. The van der Waals surface area contributed by atoms with Gasteiger partial charge in [-0.2, -0.15) is 4.39 Å². The van der Waals surface area contributed by atoms with Crippen LogP contribution in [0.1, 0.15) is 42.3 Å². The lowest BCUT2D eigenvalue weighted by atomic mass is 9.90. The Hall–Kier alpha value is -3.52. The van der Waals surface area contributed by atoms with E-state index in [0.717, 1.165) is 60.5 Å². The standard InChI is InChI=1S/C30H37FN6O/c1-6-35(5)29-25(23-16-21-9-10-32-30(38)24(21)15-20(23)4)17-26(28(31)34-29)27-8-7-22(18-33-27)37-13-11-36(12-14-37)19(2)3/h7-8,15-19H,6,9-14H2,1-5H3,(H,32,38). The molecule has 2 aromatic heterocycles. The van der Waals surface area contributed by atoms with Crippen LogP contribution in [-0.4, -0.2) is 73.1 Å². The van der Waals surface area contributed by atoms with E-state index < -0.39 is 5.95 Å². The van der Waals surface area contributed by atoms with Crippen molar-refractivity contribution >= 4 is 17.4 Å². The number of carbonyl (C=O) groups is 1. The molecule has 0 bridgehead atoms. The Kier molecular flexibility index (Phi) is 7.34. The smallest absolute Gasteiger partial charge is 0.251 e. The molecule has 3 aromatic rings. The van der Waals surface area contributed by atoms with E-state index in [1.165, 1.54) is 0 Å². The van der Waals surface area contributed by atoms with E-state index in [9.17, 15) is 4.79 Å². The number of rotatable bonds is 6. The highest BCUT2D eigenvalue weighted by Gasteiger charge is 2.24. The molecule has 1 amide bonds. The zero-order valence-corrected chi connectivity index (χ0v) is 23.0. The van der Waals surface area contributed by atoms with E-state index in [0.29, 0.717) is 41.8 Å². The fourth-order valence-electron chi connectivity index (χ4n) is 5.40. The van der Waals surface area contributed by atoms with Crippen LogP contribution < -0.4 is 15.1 Å². The van der Waals surface area contributed by atoms with Gasteiger partial charge in [0.1, 0.15) is 5.82 Å². The van der Waals surface area contributed by atoms with E-state index in [1.54, 1.807) is 0 Å². The number of piperazine rings is 1. The van der Waals surface area contributed by atoms with Crippen LogP contribution in [0.25, 0.3) is 22.4 Å². The average molecular weight is 517 g/mol. The average Bonchev–Trinajstić information content (AvgIpc) is 2.93. The summed E-state index contributed by atoms with van der Waals surface area (Å²) < 4.78 is 15.5. The molecule has 5 rings (SSSR count). The van der Waals surface area contributed by atoms with Crippen LogP contribution in [0.5, 0.6) is 0 Å².